The fourth-order valence-corrected chi connectivity index (χ4v) is 1.75. The molecule has 0 aliphatic heterocycles. The number of aromatic nitrogens is 2. The van der Waals surface area contributed by atoms with Crippen LogP contribution in [0.25, 0.3) is 0 Å². The van der Waals surface area contributed by atoms with Crippen molar-refractivity contribution in [3.05, 3.63) is 62.4 Å². The number of anilines is 1. The normalized spacial score (nSPS) is 10.2. The number of amides is 1. The molecule has 0 fully saturated rings. The van der Waals surface area contributed by atoms with Crippen LogP contribution >= 0.6 is 0 Å². The SMILES string of the molecule is CNCc1ccccc1NC(=O)c1c[nH]c(=O)[nH]c1=O. The molecule has 0 aliphatic rings. The van der Waals surface area contributed by atoms with Gasteiger partial charge in [0, 0.05) is 18.4 Å². The van der Waals surface area contributed by atoms with Crippen molar-refractivity contribution >= 4 is 11.6 Å². The van der Waals surface area contributed by atoms with E-state index in [4.69, 9.17) is 0 Å². The number of para-hydroxylation sites is 1. The molecule has 2 rings (SSSR count). The molecule has 1 amide bonds. The van der Waals surface area contributed by atoms with E-state index in [1.165, 1.54) is 0 Å². The lowest BCUT2D eigenvalue weighted by Gasteiger charge is -2.10. The summed E-state index contributed by atoms with van der Waals surface area (Å²) in [7, 11) is 1.80. The van der Waals surface area contributed by atoms with E-state index in [-0.39, 0.29) is 5.56 Å². The zero-order chi connectivity index (χ0) is 14.5. The lowest BCUT2D eigenvalue weighted by atomic mass is 10.1. The Morgan fingerprint density at radius 1 is 1.25 bits per heavy atom. The molecule has 0 saturated carbocycles. The molecule has 0 atom stereocenters. The highest BCUT2D eigenvalue weighted by Gasteiger charge is 2.12. The summed E-state index contributed by atoms with van der Waals surface area (Å²) >= 11 is 0. The van der Waals surface area contributed by atoms with Gasteiger partial charge in [-0.15, -0.1) is 0 Å². The Balaban J connectivity index is 2.28. The minimum atomic E-state index is -0.725. The molecule has 1 heterocycles. The van der Waals surface area contributed by atoms with Crippen molar-refractivity contribution < 1.29 is 4.79 Å². The van der Waals surface area contributed by atoms with Gasteiger partial charge in [-0.1, -0.05) is 18.2 Å². The Labute approximate surface area is 114 Å². The third-order valence-corrected chi connectivity index (χ3v) is 2.70. The molecule has 0 spiro atoms. The minimum absolute atomic E-state index is 0.149. The van der Waals surface area contributed by atoms with Crippen LogP contribution in [0.4, 0.5) is 5.69 Å². The molecule has 7 heteroatoms. The number of hydrogen-bond acceptors (Lipinski definition) is 4. The van der Waals surface area contributed by atoms with Crippen molar-refractivity contribution in [2.45, 2.75) is 6.54 Å². The van der Waals surface area contributed by atoms with E-state index in [2.05, 4.69) is 15.6 Å². The number of carbonyl (C=O) groups is 1. The van der Waals surface area contributed by atoms with Crippen LogP contribution in [-0.4, -0.2) is 22.9 Å². The minimum Gasteiger partial charge on any atom is -0.321 e. The molecule has 4 N–H and O–H groups in total. The van der Waals surface area contributed by atoms with Gasteiger partial charge in [-0.05, 0) is 18.7 Å². The van der Waals surface area contributed by atoms with Crippen LogP contribution in [0.5, 0.6) is 0 Å². The van der Waals surface area contributed by atoms with Gasteiger partial charge in [-0.2, -0.15) is 0 Å². The standard InChI is InChI=1S/C13H14N4O3/c1-14-6-8-4-2-3-5-10(8)16-11(18)9-7-15-13(20)17-12(9)19/h2-5,7,14H,6H2,1H3,(H,16,18)(H2,15,17,19,20). The molecular weight excluding hydrogens is 260 g/mol. The van der Waals surface area contributed by atoms with Gasteiger partial charge in [0.25, 0.3) is 11.5 Å². The molecule has 0 radical (unpaired) electrons. The third kappa shape index (κ3) is 3.01. The number of aromatic amines is 2. The van der Waals surface area contributed by atoms with Gasteiger partial charge in [0.05, 0.1) is 0 Å². The van der Waals surface area contributed by atoms with Gasteiger partial charge in [0.2, 0.25) is 0 Å². The summed E-state index contributed by atoms with van der Waals surface area (Å²) in [6.45, 7) is 0.582. The highest BCUT2D eigenvalue weighted by Crippen LogP contribution is 2.15. The molecule has 20 heavy (non-hydrogen) atoms. The van der Waals surface area contributed by atoms with E-state index in [1.54, 1.807) is 19.2 Å². The number of rotatable bonds is 4. The van der Waals surface area contributed by atoms with Crippen LogP contribution in [0, 0.1) is 0 Å². The number of benzene rings is 1. The quantitative estimate of drug-likeness (QED) is 0.631. The largest absolute Gasteiger partial charge is 0.325 e. The fourth-order valence-electron chi connectivity index (χ4n) is 1.75. The monoisotopic (exact) mass is 274 g/mol. The smallest absolute Gasteiger partial charge is 0.321 e. The van der Waals surface area contributed by atoms with Crippen LogP contribution < -0.4 is 21.9 Å². The first kappa shape index (κ1) is 13.8. The summed E-state index contributed by atoms with van der Waals surface area (Å²) in [5.74, 6) is -0.578. The zero-order valence-corrected chi connectivity index (χ0v) is 10.8. The first-order valence-electron chi connectivity index (χ1n) is 5.97. The predicted octanol–water partition coefficient (Wildman–Crippen LogP) is 0.0349. The molecule has 0 aliphatic carbocycles. The average molecular weight is 274 g/mol. The first-order chi connectivity index (χ1) is 9.61. The molecule has 1 aromatic heterocycles. The van der Waals surface area contributed by atoms with Crippen molar-refractivity contribution in [1.29, 1.82) is 0 Å². The molecule has 104 valence electrons. The molecule has 0 saturated heterocycles. The first-order valence-corrected chi connectivity index (χ1v) is 5.97. The Bertz CT molecular complexity index is 733. The van der Waals surface area contributed by atoms with Gasteiger partial charge >= 0.3 is 5.69 Å². The second-order valence-corrected chi connectivity index (χ2v) is 4.13. The highest BCUT2D eigenvalue weighted by atomic mass is 16.2. The summed E-state index contributed by atoms with van der Waals surface area (Å²) in [6.07, 6.45) is 1.09. The molecule has 1 aromatic carbocycles. The lowest BCUT2D eigenvalue weighted by Crippen LogP contribution is -2.30. The molecule has 0 unspecified atom stereocenters. The van der Waals surface area contributed by atoms with E-state index >= 15 is 0 Å². The van der Waals surface area contributed by atoms with Crippen molar-refractivity contribution in [2.75, 3.05) is 12.4 Å². The summed E-state index contributed by atoms with van der Waals surface area (Å²) in [5, 5.41) is 5.64. The van der Waals surface area contributed by atoms with E-state index in [0.29, 0.717) is 12.2 Å². The highest BCUT2D eigenvalue weighted by molar-refractivity contribution is 6.04. The maximum absolute atomic E-state index is 12.0. The van der Waals surface area contributed by atoms with Crippen LogP contribution in [0.1, 0.15) is 15.9 Å². The summed E-state index contributed by atoms with van der Waals surface area (Å²) in [6, 6.07) is 7.24. The Morgan fingerprint density at radius 3 is 2.70 bits per heavy atom. The van der Waals surface area contributed by atoms with Gasteiger partial charge in [-0.3, -0.25) is 14.6 Å². The van der Waals surface area contributed by atoms with Gasteiger partial charge in [-0.25, -0.2) is 4.79 Å². The third-order valence-electron chi connectivity index (χ3n) is 2.70. The van der Waals surface area contributed by atoms with E-state index in [9.17, 15) is 14.4 Å². The summed E-state index contributed by atoms with van der Waals surface area (Å²) < 4.78 is 0. The summed E-state index contributed by atoms with van der Waals surface area (Å²) in [4.78, 5) is 38.7. The fraction of sp³-hybridized carbons (Fsp3) is 0.154. The average Bonchev–Trinajstić information content (AvgIpc) is 2.41. The molecular formula is C13H14N4O3. The van der Waals surface area contributed by atoms with E-state index in [0.717, 1.165) is 11.8 Å². The molecule has 7 nitrogen and oxygen atoms in total. The topological polar surface area (TPSA) is 107 Å². The Kier molecular flexibility index (Phi) is 4.11. The number of hydrogen-bond donors (Lipinski definition) is 4. The molecule has 0 bridgehead atoms. The zero-order valence-electron chi connectivity index (χ0n) is 10.8. The van der Waals surface area contributed by atoms with Crippen molar-refractivity contribution in [3.8, 4) is 0 Å². The maximum Gasteiger partial charge on any atom is 0.325 e. The summed E-state index contributed by atoms with van der Waals surface area (Å²) in [5.41, 5.74) is -0.0232. The van der Waals surface area contributed by atoms with Gasteiger partial charge in [0.1, 0.15) is 5.56 Å². The second-order valence-electron chi connectivity index (χ2n) is 4.13. The van der Waals surface area contributed by atoms with Gasteiger partial charge < -0.3 is 15.6 Å². The maximum atomic E-state index is 12.0. The predicted molar refractivity (Wildman–Crippen MR) is 74.8 cm³/mol. The van der Waals surface area contributed by atoms with Crippen molar-refractivity contribution in [2.24, 2.45) is 0 Å². The Hall–Kier alpha value is -2.67. The second kappa shape index (κ2) is 5.98. The van der Waals surface area contributed by atoms with E-state index in [1.807, 2.05) is 17.1 Å². The van der Waals surface area contributed by atoms with Gasteiger partial charge in [0.15, 0.2) is 0 Å². The molecule has 2 aromatic rings. The lowest BCUT2D eigenvalue weighted by molar-refractivity contribution is 0.102. The van der Waals surface area contributed by atoms with Crippen LogP contribution in [0.3, 0.4) is 0 Å². The number of nitrogens with one attached hydrogen (secondary N) is 4. The van der Waals surface area contributed by atoms with Crippen LogP contribution in [0.2, 0.25) is 0 Å². The van der Waals surface area contributed by atoms with Crippen LogP contribution in [0.15, 0.2) is 40.1 Å². The number of H-pyrrole nitrogens is 2. The number of carbonyl (C=O) groups excluding carboxylic acids is 1. The van der Waals surface area contributed by atoms with Crippen LogP contribution in [-0.2, 0) is 6.54 Å². The van der Waals surface area contributed by atoms with Crippen molar-refractivity contribution in [1.82, 2.24) is 15.3 Å². The van der Waals surface area contributed by atoms with E-state index < -0.39 is 17.2 Å². The Morgan fingerprint density at radius 2 is 2.00 bits per heavy atom. The van der Waals surface area contributed by atoms with Crippen molar-refractivity contribution in [3.63, 3.8) is 0 Å².